The third-order valence-electron chi connectivity index (χ3n) is 5.01. The van der Waals surface area contributed by atoms with Gasteiger partial charge in [-0.05, 0) is 30.5 Å². The maximum Gasteiger partial charge on any atom is 0.326 e. The van der Waals surface area contributed by atoms with Crippen LogP contribution >= 0.6 is 0 Å². The molecule has 2 aromatic carbocycles. The molecule has 1 N–H and O–H groups in total. The highest BCUT2D eigenvalue weighted by atomic mass is 16.5. The van der Waals surface area contributed by atoms with Crippen LogP contribution in [0.25, 0.3) is 0 Å². The van der Waals surface area contributed by atoms with E-state index in [4.69, 9.17) is 4.74 Å². The summed E-state index contributed by atoms with van der Waals surface area (Å²) in [5.74, 6) is -2.26. The Bertz CT molecular complexity index is 968. The minimum atomic E-state index is -0.811. The average molecular weight is 408 g/mol. The van der Waals surface area contributed by atoms with E-state index in [2.05, 4.69) is 5.32 Å². The van der Waals surface area contributed by atoms with Crippen LogP contribution in [-0.4, -0.2) is 41.7 Å². The summed E-state index contributed by atoms with van der Waals surface area (Å²) in [5, 5.41) is 2.83. The number of aryl methyl sites for hydroxylation is 1. The maximum atomic E-state index is 12.5. The molecular weight excluding hydrogens is 384 g/mol. The predicted molar refractivity (Wildman–Crippen MR) is 110 cm³/mol. The number of imide groups is 1. The van der Waals surface area contributed by atoms with Crippen molar-refractivity contribution in [2.45, 2.75) is 32.7 Å². The van der Waals surface area contributed by atoms with Crippen LogP contribution in [0.4, 0.5) is 0 Å². The van der Waals surface area contributed by atoms with Crippen molar-refractivity contribution < 1.29 is 23.9 Å². The molecule has 156 valence electrons. The second kappa shape index (κ2) is 9.35. The van der Waals surface area contributed by atoms with Crippen molar-refractivity contribution in [2.24, 2.45) is 0 Å². The molecule has 0 spiro atoms. The fourth-order valence-corrected chi connectivity index (χ4v) is 3.34. The number of nitrogens with zero attached hydrogens (tertiary/aromatic N) is 1. The Labute approximate surface area is 175 Å². The summed E-state index contributed by atoms with van der Waals surface area (Å²) in [5.41, 5.74) is 3.12. The average Bonchev–Trinajstić information content (AvgIpc) is 2.74. The fraction of sp³-hybridized carbons (Fsp3) is 0.304. The number of nitrogens with one attached hydrogen (secondary N) is 1. The van der Waals surface area contributed by atoms with Gasteiger partial charge in [0.25, 0.3) is 11.8 Å². The second-order valence-electron chi connectivity index (χ2n) is 7.22. The Morgan fingerprint density at radius 2 is 1.80 bits per heavy atom. The van der Waals surface area contributed by atoms with E-state index in [9.17, 15) is 19.2 Å². The second-order valence-corrected chi connectivity index (χ2v) is 7.22. The highest BCUT2D eigenvalue weighted by Gasteiger charge is 2.32. The van der Waals surface area contributed by atoms with Crippen molar-refractivity contribution in [1.82, 2.24) is 10.2 Å². The number of hydrogen-bond donors (Lipinski definition) is 1. The first-order valence-corrected chi connectivity index (χ1v) is 9.83. The number of rotatable bonds is 7. The molecule has 0 radical (unpaired) electrons. The molecule has 1 aliphatic rings. The van der Waals surface area contributed by atoms with Gasteiger partial charge < -0.3 is 10.1 Å². The van der Waals surface area contributed by atoms with E-state index in [0.29, 0.717) is 17.5 Å². The zero-order valence-corrected chi connectivity index (χ0v) is 17.0. The summed E-state index contributed by atoms with van der Waals surface area (Å²) in [6.07, 6.45) is 0.726. The molecule has 1 atom stereocenters. The summed E-state index contributed by atoms with van der Waals surface area (Å²) < 4.78 is 4.99. The lowest BCUT2D eigenvalue weighted by atomic mass is 9.98. The van der Waals surface area contributed by atoms with Crippen LogP contribution < -0.4 is 5.32 Å². The van der Waals surface area contributed by atoms with Crippen molar-refractivity contribution in [3.05, 3.63) is 70.8 Å². The molecule has 0 fully saturated rings. The van der Waals surface area contributed by atoms with Crippen LogP contribution in [0.1, 0.15) is 46.4 Å². The molecule has 3 amide bonds. The minimum Gasteiger partial charge on any atom is -0.454 e. The minimum absolute atomic E-state index is 0.0460. The van der Waals surface area contributed by atoms with Gasteiger partial charge in [-0.3, -0.25) is 24.1 Å². The van der Waals surface area contributed by atoms with Crippen molar-refractivity contribution in [1.29, 1.82) is 0 Å². The molecule has 0 saturated carbocycles. The first-order chi connectivity index (χ1) is 14.4. The Morgan fingerprint density at radius 1 is 1.10 bits per heavy atom. The number of ether oxygens (including phenoxy) is 1. The number of hydrogen-bond acceptors (Lipinski definition) is 5. The molecule has 1 heterocycles. The largest absolute Gasteiger partial charge is 0.454 e. The molecule has 7 heteroatoms. The van der Waals surface area contributed by atoms with Crippen LogP contribution in [-0.2, 0) is 25.5 Å². The first-order valence-electron chi connectivity index (χ1n) is 9.83. The Hall–Kier alpha value is -3.48. The van der Waals surface area contributed by atoms with Gasteiger partial charge in [0.05, 0.1) is 12.5 Å². The third-order valence-corrected chi connectivity index (χ3v) is 5.01. The van der Waals surface area contributed by atoms with E-state index in [-0.39, 0.29) is 12.5 Å². The van der Waals surface area contributed by atoms with Crippen LogP contribution in [0.5, 0.6) is 0 Å². The van der Waals surface area contributed by atoms with Gasteiger partial charge in [0.15, 0.2) is 6.61 Å². The van der Waals surface area contributed by atoms with E-state index >= 15 is 0 Å². The highest BCUT2D eigenvalue weighted by Crippen LogP contribution is 2.20. The maximum absolute atomic E-state index is 12.5. The number of benzene rings is 2. The summed E-state index contributed by atoms with van der Waals surface area (Å²) in [6.45, 7) is 2.93. The monoisotopic (exact) mass is 408 g/mol. The smallest absolute Gasteiger partial charge is 0.326 e. The molecule has 1 aliphatic heterocycles. The van der Waals surface area contributed by atoms with Gasteiger partial charge in [-0.1, -0.05) is 55.0 Å². The van der Waals surface area contributed by atoms with E-state index in [1.165, 1.54) is 0 Å². The van der Waals surface area contributed by atoms with Crippen molar-refractivity contribution in [2.75, 3.05) is 13.2 Å². The Balaban J connectivity index is 1.53. The van der Waals surface area contributed by atoms with Crippen LogP contribution in [0.3, 0.4) is 0 Å². The van der Waals surface area contributed by atoms with Gasteiger partial charge in [-0.2, -0.15) is 0 Å². The first kappa shape index (κ1) is 21.2. The molecule has 3 rings (SSSR count). The third kappa shape index (κ3) is 4.92. The van der Waals surface area contributed by atoms with Crippen molar-refractivity contribution in [3.8, 4) is 0 Å². The number of carbonyl (C=O) groups excluding carboxylic acids is 4. The highest BCUT2D eigenvalue weighted by molar-refractivity contribution is 6.11. The summed E-state index contributed by atoms with van der Waals surface area (Å²) in [7, 11) is 0. The quantitative estimate of drug-likeness (QED) is 0.561. The standard InChI is InChI=1S/C23H24N2O5/c1-3-19(16-10-8-15(2)9-11-16)24-20(26)14-30-22(28)13-25-21(27)12-17-6-4-5-7-18(17)23(25)29/h4-11,19H,3,12-14H2,1-2H3,(H,24,26)/t19-/m1/s1. The molecule has 0 bridgehead atoms. The zero-order chi connectivity index (χ0) is 21.7. The van der Waals surface area contributed by atoms with Gasteiger partial charge in [0.1, 0.15) is 6.54 Å². The fourth-order valence-electron chi connectivity index (χ4n) is 3.34. The summed E-state index contributed by atoms with van der Waals surface area (Å²) in [6, 6.07) is 14.4. The number of esters is 1. The van der Waals surface area contributed by atoms with Crippen LogP contribution in [0.2, 0.25) is 0 Å². The van der Waals surface area contributed by atoms with E-state index in [0.717, 1.165) is 16.0 Å². The molecule has 2 aromatic rings. The summed E-state index contributed by atoms with van der Waals surface area (Å²) >= 11 is 0. The van der Waals surface area contributed by atoms with Crippen molar-refractivity contribution >= 4 is 23.7 Å². The normalized spacial score (nSPS) is 14.1. The lowest BCUT2D eigenvalue weighted by Crippen LogP contribution is -2.45. The Morgan fingerprint density at radius 3 is 2.50 bits per heavy atom. The SMILES string of the molecule is CC[C@@H](NC(=O)COC(=O)CN1C(=O)Cc2ccccc2C1=O)c1ccc(C)cc1. The Kier molecular flexibility index (Phi) is 6.61. The van der Waals surface area contributed by atoms with E-state index in [1.807, 2.05) is 38.1 Å². The van der Waals surface area contributed by atoms with Crippen LogP contribution in [0, 0.1) is 6.92 Å². The molecular formula is C23H24N2O5. The van der Waals surface area contributed by atoms with Gasteiger partial charge in [-0.15, -0.1) is 0 Å². The zero-order valence-electron chi connectivity index (χ0n) is 17.0. The van der Waals surface area contributed by atoms with Gasteiger partial charge in [-0.25, -0.2) is 0 Å². The van der Waals surface area contributed by atoms with Gasteiger partial charge in [0, 0.05) is 5.56 Å². The summed E-state index contributed by atoms with van der Waals surface area (Å²) in [4.78, 5) is 49.9. The topological polar surface area (TPSA) is 92.8 Å². The van der Waals surface area contributed by atoms with E-state index < -0.39 is 36.8 Å². The number of fused-ring (bicyclic) bond motifs is 1. The lowest BCUT2D eigenvalue weighted by molar-refractivity contribution is -0.151. The van der Waals surface area contributed by atoms with Crippen molar-refractivity contribution in [3.63, 3.8) is 0 Å². The number of carbonyl (C=O) groups is 4. The molecule has 0 saturated heterocycles. The molecule has 7 nitrogen and oxygen atoms in total. The number of amides is 3. The molecule has 0 unspecified atom stereocenters. The van der Waals surface area contributed by atoms with Crippen LogP contribution in [0.15, 0.2) is 48.5 Å². The van der Waals surface area contributed by atoms with Gasteiger partial charge >= 0.3 is 5.97 Å². The molecule has 0 aromatic heterocycles. The van der Waals surface area contributed by atoms with Gasteiger partial charge in [0.2, 0.25) is 5.91 Å². The molecule has 0 aliphatic carbocycles. The predicted octanol–water partition coefficient (Wildman–Crippen LogP) is 2.33. The lowest BCUT2D eigenvalue weighted by Gasteiger charge is -2.25. The molecule has 30 heavy (non-hydrogen) atoms. The van der Waals surface area contributed by atoms with E-state index in [1.54, 1.807) is 24.3 Å².